The monoisotopic (exact) mass is 404 g/mol. The standard InChI is InChI=1S/C13H13FN4O4S3/c1-24(19,20)15-6-7-25(21,22)13-17-18-8-11(16-12(18)23-13)9-2-4-10(14)5-3-9/h2-5,8,15H,6-7H2,1H3. The summed E-state index contributed by atoms with van der Waals surface area (Å²) in [7, 11) is -7.19. The number of nitrogens with one attached hydrogen (secondary N) is 1. The molecule has 2 aromatic heterocycles. The van der Waals surface area contributed by atoms with Crippen molar-refractivity contribution in [1.82, 2.24) is 19.3 Å². The summed E-state index contributed by atoms with van der Waals surface area (Å²) >= 11 is 0.882. The lowest BCUT2D eigenvalue weighted by Crippen LogP contribution is -2.28. The van der Waals surface area contributed by atoms with Crippen LogP contribution in [-0.2, 0) is 19.9 Å². The SMILES string of the molecule is CS(=O)(=O)NCCS(=O)(=O)c1nn2cc(-c3ccc(F)cc3)nc2s1. The van der Waals surface area contributed by atoms with Crippen LogP contribution in [0.2, 0.25) is 0 Å². The molecule has 0 fully saturated rings. The van der Waals surface area contributed by atoms with Crippen molar-refractivity contribution in [3.05, 3.63) is 36.3 Å². The maximum absolute atomic E-state index is 13.0. The number of halogens is 1. The first-order valence-corrected chi connectivity index (χ1v) is 11.3. The van der Waals surface area contributed by atoms with Gasteiger partial charge in [0, 0.05) is 12.1 Å². The summed E-state index contributed by atoms with van der Waals surface area (Å²) in [6.07, 6.45) is 2.50. The number of rotatable bonds is 6. The number of nitrogens with zero attached hydrogens (tertiary/aromatic N) is 3. The van der Waals surface area contributed by atoms with Gasteiger partial charge in [-0.05, 0) is 24.3 Å². The van der Waals surface area contributed by atoms with Crippen LogP contribution in [0.25, 0.3) is 16.2 Å². The van der Waals surface area contributed by atoms with Crippen molar-refractivity contribution in [2.24, 2.45) is 0 Å². The van der Waals surface area contributed by atoms with E-state index < -0.39 is 25.6 Å². The summed E-state index contributed by atoms with van der Waals surface area (Å²) in [6.45, 7) is -0.232. The highest BCUT2D eigenvalue weighted by Gasteiger charge is 2.22. The molecule has 1 aromatic carbocycles. The minimum absolute atomic E-state index is 0.143. The number of benzene rings is 1. The van der Waals surface area contributed by atoms with Gasteiger partial charge in [-0.15, -0.1) is 5.10 Å². The van der Waals surface area contributed by atoms with E-state index in [-0.39, 0.29) is 16.7 Å². The van der Waals surface area contributed by atoms with Crippen LogP contribution >= 0.6 is 11.3 Å². The van der Waals surface area contributed by atoms with Crippen LogP contribution < -0.4 is 4.72 Å². The number of fused-ring (bicyclic) bond motifs is 1. The fraction of sp³-hybridized carbons (Fsp3) is 0.231. The van der Waals surface area contributed by atoms with E-state index in [0.717, 1.165) is 17.6 Å². The molecule has 0 aliphatic carbocycles. The quantitative estimate of drug-likeness (QED) is 0.654. The molecular formula is C13H13FN4O4S3. The number of sulfone groups is 1. The Morgan fingerprint density at radius 1 is 1.20 bits per heavy atom. The van der Waals surface area contributed by atoms with Crippen LogP contribution in [0.3, 0.4) is 0 Å². The summed E-state index contributed by atoms with van der Waals surface area (Å²) in [5.74, 6) is -0.763. The average molecular weight is 404 g/mol. The number of aromatic nitrogens is 3. The molecule has 0 atom stereocenters. The van der Waals surface area contributed by atoms with E-state index in [1.165, 1.54) is 16.6 Å². The second-order valence-electron chi connectivity index (χ2n) is 5.21. The zero-order valence-electron chi connectivity index (χ0n) is 12.9. The maximum Gasteiger partial charge on any atom is 0.232 e. The molecule has 134 valence electrons. The molecule has 0 aliphatic heterocycles. The van der Waals surface area contributed by atoms with E-state index in [1.807, 2.05) is 0 Å². The molecule has 0 spiro atoms. The highest BCUT2D eigenvalue weighted by molar-refractivity contribution is 7.93. The first-order valence-electron chi connectivity index (χ1n) is 6.94. The first kappa shape index (κ1) is 17.9. The minimum atomic E-state index is -3.73. The van der Waals surface area contributed by atoms with Gasteiger partial charge < -0.3 is 0 Å². The summed E-state index contributed by atoms with van der Waals surface area (Å²) in [6, 6.07) is 5.74. The molecule has 12 heteroatoms. The highest BCUT2D eigenvalue weighted by Crippen LogP contribution is 2.24. The van der Waals surface area contributed by atoms with Crippen LogP contribution in [0.4, 0.5) is 4.39 Å². The zero-order valence-corrected chi connectivity index (χ0v) is 15.3. The normalized spacial score (nSPS) is 12.7. The molecule has 3 aromatic rings. The lowest BCUT2D eigenvalue weighted by molar-refractivity contribution is 0.584. The van der Waals surface area contributed by atoms with E-state index in [0.29, 0.717) is 16.2 Å². The number of imidazole rings is 1. The molecule has 25 heavy (non-hydrogen) atoms. The van der Waals surface area contributed by atoms with E-state index in [1.54, 1.807) is 18.3 Å². The van der Waals surface area contributed by atoms with Gasteiger partial charge in [-0.2, -0.15) is 0 Å². The third-order valence-electron chi connectivity index (χ3n) is 3.17. The first-order chi connectivity index (χ1) is 11.6. The Hall–Kier alpha value is -1.89. The molecule has 0 aliphatic rings. The van der Waals surface area contributed by atoms with Crippen LogP contribution in [0, 0.1) is 5.82 Å². The summed E-state index contributed by atoms with van der Waals surface area (Å²) < 4.78 is 62.7. The molecular weight excluding hydrogens is 391 g/mol. The Morgan fingerprint density at radius 2 is 1.88 bits per heavy atom. The summed E-state index contributed by atoms with van der Waals surface area (Å²) in [4.78, 5) is 4.66. The number of hydrogen-bond acceptors (Lipinski definition) is 7. The predicted molar refractivity (Wildman–Crippen MR) is 91.2 cm³/mol. The topological polar surface area (TPSA) is 110 Å². The minimum Gasteiger partial charge on any atom is -0.221 e. The molecule has 0 radical (unpaired) electrons. The molecule has 0 saturated carbocycles. The van der Waals surface area contributed by atoms with E-state index in [4.69, 9.17) is 0 Å². The van der Waals surface area contributed by atoms with Gasteiger partial charge in [0.2, 0.25) is 29.2 Å². The van der Waals surface area contributed by atoms with Crippen molar-refractivity contribution in [3.8, 4) is 11.3 Å². The number of sulfonamides is 1. The van der Waals surface area contributed by atoms with Gasteiger partial charge >= 0.3 is 0 Å². The molecule has 2 heterocycles. The second-order valence-corrected chi connectivity index (χ2v) is 10.3. The van der Waals surface area contributed by atoms with Crippen LogP contribution in [0.1, 0.15) is 0 Å². The van der Waals surface area contributed by atoms with Gasteiger partial charge in [0.1, 0.15) is 5.82 Å². The van der Waals surface area contributed by atoms with E-state index in [2.05, 4.69) is 14.8 Å². The molecule has 0 unspecified atom stereocenters. The Morgan fingerprint density at radius 3 is 2.48 bits per heavy atom. The Balaban J connectivity index is 1.82. The fourth-order valence-corrected chi connectivity index (χ4v) is 4.97. The van der Waals surface area contributed by atoms with Gasteiger partial charge in [0.25, 0.3) is 0 Å². The van der Waals surface area contributed by atoms with Gasteiger partial charge in [0.05, 0.1) is 23.9 Å². The smallest absolute Gasteiger partial charge is 0.221 e. The maximum atomic E-state index is 13.0. The third-order valence-corrected chi connectivity index (χ3v) is 6.98. The summed E-state index contributed by atoms with van der Waals surface area (Å²) in [5, 5.41) is 4.00. The zero-order chi connectivity index (χ0) is 18.2. The third kappa shape index (κ3) is 4.21. The van der Waals surface area contributed by atoms with Crippen molar-refractivity contribution >= 4 is 36.2 Å². The lowest BCUT2D eigenvalue weighted by Gasteiger charge is -2.01. The number of hydrogen-bond donors (Lipinski definition) is 1. The van der Waals surface area contributed by atoms with Crippen molar-refractivity contribution in [1.29, 1.82) is 0 Å². The largest absolute Gasteiger partial charge is 0.232 e. The molecule has 0 saturated heterocycles. The van der Waals surface area contributed by atoms with Gasteiger partial charge in [-0.3, -0.25) is 0 Å². The molecule has 3 rings (SSSR count). The Bertz CT molecular complexity index is 1090. The van der Waals surface area contributed by atoms with E-state index >= 15 is 0 Å². The predicted octanol–water partition coefficient (Wildman–Crippen LogP) is 0.920. The van der Waals surface area contributed by atoms with E-state index in [9.17, 15) is 21.2 Å². The fourth-order valence-electron chi connectivity index (χ4n) is 2.02. The molecule has 8 nitrogen and oxygen atoms in total. The van der Waals surface area contributed by atoms with Crippen molar-refractivity contribution < 1.29 is 21.2 Å². The van der Waals surface area contributed by atoms with Gasteiger partial charge in [-0.25, -0.2) is 35.4 Å². The highest BCUT2D eigenvalue weighted by atomic mass is 32.2. The van der Waals surface area contributed by atoms with Gasteiger partial charge in [0.15, 0.2) is 0 Å². The molecule has 1 N–H and O–H groups in total. The Labute approximate surface area is 147 Å². The van der Waals surface area contributed by atoms with Gasteiger partial charge in [-0.1, -0.05) is 11.3 Å². The Kier molecular flexibility index (Phi) is 4.62. The molecule has 0 bridgehead atoms. The molecule has 0 amide bonds. The summed E-state index contributed by atoms with van der Waals surface area (Å²) in [5.41, 5.74) is 1.22. The van der Waals surface area contributed by atoms with Crippen molar-refractivity contribution in [3.63, 3.8) is 0 Å². The average Bonchev–Trinajstić information content (AvgIpc) is 3.05. The van der Waals surface area contributed by atoms with Crippen LogP contribution in [0.15, 0.2) is 34.8 Å². The second kappa shape index (κ2) is 6.44. The van der Waals surface area contributed by atoms with Crippen molar-refractivity contribution in [2.45, 2.75) is 4.34 Å². The van der Waals surface area contributed by atoms with Crippen LogP contribution in [0.5, 0.6) is 0 Å². The lowest BCUT2D eigenvalue weighted by atomic mass is 10.2. The van der Waals surface area contributed by atoms with Crippen LogP contribution in [-0.4, -0.2) is 50.0 Å². The van der Waals surface area contributed by atoms with Crippen molar-refractivity contribution in [2.75, 3.05) is 18.6 Å².